The van der Waals surface area contributed by atoms with E-state index >= 15 is 0 Å². The Hall–Kier alpha value is -7.03. The predicted molar refractivity (Wildman–Crippen MR) is 263 cm³/mol. The number of carboxylic acids is 12. The Morgan fingerprint density at radius 1 is 0.173 bits per heavy atom. The van der Waals surface area contributed by atoms with Crippen molar-refractivity contribution in [2.45, 2.75) is 0 Å². The minimum absolute atomic E-state index is 0. The van der Waals surface area contributed by atoms with E-state index in [1.807, 2.05) is 0 Å². The van der Waals surface area contributed by atoms with Crippen molar-refractivity contribution < 1.29 is 395 Å². The summed E-state index contributed by atoms with van der Waals surface area (Å²) in [5, 5.41) is 189. The van der Waals surface area contributed by atoms with Crippen LogP contribution < -0.4 is 91.9 Å². The molecule has 0 saturated heterocycles. The van der Waals surface area contributed by atoms with Crippen LogP contribution in [0.15, 0.2) is 109 Å². The van der Waals surface area contributed by atoms with Gasteiger partial charge in [0.25, 0.3) is 0 Å². The molecule has 0 saturated carbocycles. The van der Waals surface area contributed by atoms with Crippen molar-refractivity contribution in [3.05, 3.63) is 176 Å². The number of hydrogen-bond acceptors (Lipinski definition) is 30. The Balaban J connectivity index is -0.0000000398. The van der Waals surface area contributed by atoms with Crippen LogP contribution in [0.5, 0.6) is 34.5 Å². The zero-order valence-corrected chi connectivity index (χ0v) is 56.8. The summed E-state index contributed by atoms with van der Waals surface area (Å²) in [5.74, 6) is -27.0. The zero-order valence-electron chi connectivity index (χ0n) is 46.9. The topological polar surface area (TPSA) is 1010 Å². The van der Waals surface area contributed by atoms with Crippen LogP contribution in [-0.4, -0.2) is 82.6 Å². The summed E-state index contributed by atoms with van der Waals surface area (Å²) in [6.07, 6.45) is 0. The number of benzene rings is 6. The third-order valence-corrected chi connectivity index (χ3v) is 8.73. The Bertz CT molecular complexity index is 2650. The summed E-state index contributed by atoms with van der Waals surface area (Å²) >= 11 is 0. The van der Waals surface area contributed by atoms with Gasteiger partial charge in [0.05, 0.1) is 71.6 Å². The van der Waals surface area contributed by atoms with E-state index in [4.69, 9.17) is 0 Å². The fourth-order valence-electron chi connectivity index (χ4n) is 5.15. The van der Waals surface area contributed by atoms with Crippen LogP contribution in [-0.2, 0) is 157 Å². The van der Waals surface area contributed by atoms with E-state index in [1.165, 1.54) is 0 Å². The molecule has 34 N–H and O–H groups in total. The summed E-state index contributed by atoms with van der Waals surface area (Å²) in [5.41, 5.74) is -8.15. The van der Waals surface area contributed by atoms with E-state index in [0.29, 0.717) is 0 Å². The van der Waals surface area contributed by atoms with Gasteiger partial charge in [0.15, 0.2) is 0 Å². The first kappa shape index (κ1) is 146. The molecule has 0 amide bonds. The molecule has 98 heavy (non-hydrogen) atoms. The van der Waals surface area contributed by atoms with Gasteiger partial charge in [0.2, 0.25) is 0 Å². The molecule has 6 aromatic rings. The molecule has 0 aromatic heterocycles. The zero-order chi connectivity index (χ0) is 60.0. The average Bonchev–Trinajstić information content (AvgIpc) is 3.34. The second-order valence-corrected chi connectivity index (χ2v) is 13.5. The Kier molecular flexibility index (Phi) is 104. The molecule has 6 rings (SSSR count). The normalized spacial score (nSPS) is 7.59. The SMILES string of the molecule is O.O.O=C([O-])c1cccc(C(=O)[O-])c1[O-].O=C([O-])c1cccc(C(=O)[O-])c1[O-].O=C([O-])c1cccc(C(=O)[O-])c1[O-].O=C([O-])c1cccc(C(=O)[O-])c1[O-].O=C([O-])c1cccc(C(=O)[O-])c1[O-].O=C([O-])c1cccc(C(=O)[O-])c1[O-].[Cu+2].[Cu+2].[Cu+2].[Cu+2].[Cu+2].[Cu+2].[OH3+].[OH3+].[OH3+].[OH3+].[OH3+].[OH3+].[OH3+].[OH3+].[OH3+].[OH3+].[Tb+3].[Tb+3]. The summed E-state index contributed by atoms with van der Waals surface area (Å²) in [4.78, 5) is 123. The first-order valence-corrected chi connectivity index (χ1v) is 19.6. The fraction of sp³-hybridized carbons (Fsp3) is 0. The van der Waals surface area contributed by atoms with E-state index in [9.17, 15) is 149 Å². The van der Waals surface area contributed by atoms with Crippen molar-refractivity contribution in [3.63, 3.8) is 0 Å². The maximum absolute atomic E-state index is 11.0. The molecular formula is C48H52Cu6O42Tb2+10. The van der Waals surface area contributed by atoms with Gasteiger partial charge in [0.1, 0.15) is 0 Å². The van der Waals surface area contributed by atoms with Gasteiger partial charge >= 0.3 is 180 Å². The Morgan fingerprint density at radius 2 is 0.224 bits per heavy atom. The van der Waals surface area contributed by atoms with E-state index in [1.54, 1.807) is 0 Å². The van der Waals surface area contributed by atoms with Gasteiger partial charge < -0.3 is 215 Å². The van der Waals surface area contributed by atoms with E-state index in [0.717, 1.165) is 109 Å². The van der Waals surface area contributed by atoms with Crippen molar-refractivity contribution in [2.75, 3.05) is 0 Å². The predicted octanol–water partition coefficient (Wildman–Crippen LogP) is -26.0. The smallest absolute Gasteiger partial charge is 0.872 e. The van der Waals surface area contributed by atoms with E-state index in [-0.39, 0.29) is 245 Å². The minimum atomic E-state index is -1.70. The van der Waals surface area contributed by atoms with Gasteiger partial charge in [-0.2, -0.15) is 0 Å². The van der Waals surface area contributed by atoms with Crippen LogP contribution in [0, 0.1) is 77.2 Å². The van der Waals surface area contributed by atoms with Crippen LogP contribution in [0.25, 0.3) is 0 Å². The van der Waals surface area contributed by atoms with Crippen molar-refractivity contribution in [2.24, 2.45) is 0 Å². The van der Waals surface area contributed by atoms with Crippen LogP contribution in [0.3, 0.4) is 0 Å². The fourth-order valence-corrected chi connectivity index (χ4v) is 5.15. The third kappa shape index (κ3) is 44.1. The van der Waals surface area contributed by atoms with Crippen LogP contribution in [0.4, 0.5) is 0 Å². The summed E-state index contributed by atoms with van der Waals surface area (Å²) in [6, 6.07) is 18.5. The standard InChI is InChI=1S/6C8H6O5.6Cu.12H2O.2Tb/c6*9-6-4(7(10)11)2-1-3-5(6)8(12)13;;;;;;;;;;;;;;;;;;;;/h6*1-3,9H,(H,10,11)(H,12,13);;;;;;;12*1H2;;/q;;;;;;6*+2;;;;;;;;;;;;;2*+3/p-8. The van der Waals surface area contributed by atoms with Gasteiger partial charge in [0, 0.05) is 0 Å². The average molecular weight is 2000 g/mol. The van der Waals surface area contributed by atoms with Gasteiger partial charge in [-0.25, -0.2) is 0 Å². The third-order valence-electron chi connectivity index (χ3n) is 8.73. The van der Waals surface area contributed by atoms with Gasteiger partial charge in [-0.05, 0) is 66.8 Å². The monoisotopic (exact) mass is 2000 g/mol. The summed E-state index contributed by atoms with van der Waals surface area (Å²) in [7, 11) is 0. The molecule has 6 aromatic carbocycles. The Morgan fingerprint density at radius 3 is 0.265 bits per heavy atom. The van der Waals surface area contributed by atoms with E-state index < -0.39 is 173 Å². The van der Waals surface area contributed by atoms with Crippen molar-refractivity contribution in [1.29, 1.82) is 0 Å². The number of carbonyl (C=O) groups is 12. The maximum Gasteiger partial charge on any atom is 3.00 e. The molecule has 50 heteroatoms. The minimum Gasteiger partial charge on any atom is -0.872 e. The number of hydrogen-bond donors (Lipinski definition) is 0. The second kappa shape index (κ2) is 69.9. The van der Waals surface area contributed by atoms with Gasteiger partial charge in [-0.15, -0.1) is 0 Å². The van der Waals surface area contributed by atoms with E-state index in [2.05, 4.69) is 0 Å². The van der Waals surface area contributed by atoms with Gasteiger partial charge in [-0.3, -0.25) is 0 Å². The molecule has 0 fully saturated rings. The first-order chi connectivity index (χ1) is 36.2. The molecule has 42 nitrogen and oxygen atoms in total. The molecule has 0 aliphatic rings. The second-order valence-electron chi connectivity index (χ2n) is 13.5. The first-order valence-electron chi connectivity index (χ1n) is 19.6. The number of aromatic carboxylic acids is 12. The van der Waals surface area contributed by atoms with Crippen LogP contribution in [0.2, 0.25) is 0 Å². The largest absolute Gasteiger partial charge is 3.00 e. The molecule has 570 valence electrons. The number of para-hydroxylation sites is 6. The van der Waals surface area contributed by atoms with Gasteiger partial charge in [-0.1, -0.05) is 144 Å². The summed E-state index contributed by atoms with van der Waals surface area (Å²) < 4.78 is 0. The number of carbonyl (C=O) groups excluding carboxylic acids is 12. The van der Waals surface area contributed by atoms with Crippen LogP contribution >= 0.6 is 0 Å². The molecule has 0 unspecified atom stereocenters. The molecule has 0 heterocycles. The van der Waals surface area contributed by atoms with Crippen molar-refractivity contribution in [1.82, 2.24) is 0 Å². The molecule has 0 bridgehead atoms. The molecule has 0 aliphatic heterocycles. The molecule has 0 spiro atoms. The van der Waals surface area contributed by atoms with Crippen molar-refractivity contribution in [3.8, 4) is 34.5 Å². The molecule has 0 atom stereocenters. The molecule has 6 radical (unpaired) electrons. The molecular weight excluding hydrogens is 1950 g/mol. The molecule has 0 aliphatic carbocycles. The maximum atomic E-state index is 11.0. The van der Waals surface area contributed by atoms with Crippen molar-refractivity contribution >= 4 is 71.6 Å². The summed E-state index contributed by atoms with van der Waals surface area (Å²) in [6.45, 7) is 0. The number of carboxylic acid groups (broad SMARTS) is 12. The van der Waals surface area contributed by atoms with Crippen LogP contribution in [0.1, 0.15) is 124 Å². The Labute approximate surface area is 670 Å². The number of rotatable bonds is 12. The quantitative estimate of drug-likeness (QED) is 0.0811.